The summed E-state index contributed by atoms with van der Waals surface area (Å²) < 4.78 is 43.2. The first-order chi connectivity index (χ1) is 10.7. The molecule has 0 aliphatic carbocycles. The lowest BCUT2D eigenvalue weighted by Gasteiger charge is -2.18. The van der Waals surface area contributed by atoms with Crippen molar-refractivity contribution < 1.29 is 27.5 Å². The lowest BCUT2D eigenvalue weighted by atomic mass is 10.2. The zero-order valence-electron chi connectivity index (χ0n) is 12.7. The topological polar surface area (TPSA) is 58.6 Å². The van der Waals surface area contributed by atoms with Crippen LogP contribution in [0, 0.1) is 0 Å². The van der Waals surface area contributed by atoms with Gasteiger partial charge in [-0.3, -0.25) is 4.79 Å². The molecular weight excluding hydrogens is 313 g/mol. The lowest BCUT2D eigenvalue weighted by molar-refractivity contribution is -0.137. The van der Waals surface area contributed by atoms with Crippen LogP contribution in [0.25, 0.3) is 0 Å². The Bertz CT molecular complexity index is 602. The van der Waals surface area contributed by atoms with Crippen molar-refractivity contribution in [1.29, 1.82) is 0 Å². The maximum atomic E-state index is 12.7. The Morgan fingerprint density at radius 1 is 1.39 bits per heavy atom. The second-order valence-electron chi connectivity index (χ2n) is 5.52. The Labute approximate surface area is 131 Å². The summed E-state index contributed by atoms with van der Waals surface area (Å²) in [5.41, 5.74) is -0.690. The molecule has 23 heavy (non-hydrogen) atoms. The zero-order chi connectivity index (χ0) is 17.2. The third-order valence-corrected chi connectivity index (χ3v) is 3.30. The van der Waals surface area contributed by atoms with E-state index in [1.54, 1.807) is 13.8 Å². The minimum absolute atomic E-state index is 0.139. The van der Waals surface area contributed by atoms with Gasteiger partial charge in [-0.1, -0.05) is 6.07 Å². The summed E-state index contributed by atoms with van der Waals surface area (Å²) in [6, 6.07) is 4.37. The van der Waals surface area contributed by atoms with Crippen LogP contribution in [0.5, 0.6) is 0 Å². The number of amides is 2. The van der Waals surface area contributed by atoms with E-state index in [2.05, 4.69) is 5.32 Å². The van der Waals surface area contributed by atoms with Gasteiger partial charge in [0.1, 0.15) is 0 Å². The van der Waals surface area contributed by atoms with Gasteiger partial charge in [0.05, 0.1) is 5.56 Å². The van der Waals surface area contributed by atoms with Gasteiger partial charge in [-0.25, -0.2) is 4.79 Å². The number of benzene rings is 1. The Morgan fingerprint density at radius 3 is 2.70 bits per heavy atom. The Kier molecular flexibility index (Phi) is 4.82. The van der Waals surface area contributed by atoms with Crippen molar-refractivity contribution in [3.63, 3.8) is 0 Å². The van der Waals surface area contributed by atoms with Gasteiger partial charge in [0.15, 0.2) is 6.10 Å². The van der Waals surface area contributed by atoms with E-state index in [1.807, 2.05) is 0 Å². The van der Waals surface area contributed by atoms with E-state index in [0.717, 1.165) is 12.1 Å². The summed E-state index contributed by atoms with van der Waals surface area (Å²) in [5.74, 6) is -0.525. The number of ether oxygens (including phenoxy) is 1. The van der Waals surface area contributed by atoms with Gasteiger partial charge in [0.2, 0.25) is 0 Å². The normalized spacial score (nSPS) is 18.4. The second kappa shape index (κ2) is 6.47. The van der Waals surface area contributed by atoms with Gasteiger partial charge in [-0.15, -0.1) is 0 Å². The van der Waals surface area contributed by atoms with Crippen LogP contribution in [0.1, 0.15) is 25.8 Å². The fourth-order valence-electron chi connectivity index (χ4n) is 2.27. The van der Waals surface area contributed by atoms with E-state index < -0.39 is 29.8 Å². The maximum Gasteiger partial charge on any atom is 0.416 e. The molecule has 0 radical (unpaired) electrons. The van der Waals surface area contributed by atoms with Crippen molar-refractivity contribution in [3.05, 3.63) is 29.8 Å². The van der Waals surface area contributed by atoms with Crippen molar-refractivity contribution in [3.8, 4) is 0 Å². The van der Waals surface area contributed by atoms with Crippen molar-refractivity contribution in [2.75, 3.05) is 11.4 Å². The molecule has 1 N–H and O–H groups in total. The van der Waals surface area contributed by atoms with E-state index in [-0.39, 0.29) is 24.7 Å². The molecule has 1 heterocycles. The second-order valence-corrected chi connectivity index (χ2v) is 5.52. The fourth-order valence-corrected chi connectivity index (χ4v) is 2.27. The Balaban J connectivity index is 2.09. The molecule has 8 heteroatoms. The quantitative estimate of drug-likeness (QED) is 0.927. The van der Waals surface area contributed by atoms with Crippen LogP contribution in [-0.4, -0.2) is 30.7 Å². The number of halogens is 3. The third kappa shape index (κ3) is 4.14. The maximum absolute atomic E-state index is 12.7. The van der Waals surface area contributed by atoms with Crippen LogP contribution in [0.3, 0.4) is 0 Å². The minimum atomic E-state index is -4.48. The highest BCUT2D eigenvalue weighted by molar-refractivity contribution is 5.99. The van der Waals surface area contributed by atoms with Crippen LogP contribution in [0.15, 0.2) is 24.3 Å². The highest BCUT2D eigenvalue weighted by Crippen LogP contribution is 2.33. The average Bonchev–Trinajstić information content (AvgIpc) is 2.78. The van der Waals surface area contributed by atoms with E-state index in [4.69, 9.17) is 4.74 Å². The molecule has 1 aliphatic rings. The van der Waals surface area contributed by atoms with E-state index in [9.17, 15) is 22.8 Å². The largest absolute Gasteiger partial charge is 0.436 e. The van der Waals surface area contributed by atoms with E-state index >= 15 is 0 Å². The number of rotatable bonds is 3. The summed E-state index contributed by atoms with van der Waals surface area (Å²) in [4.78, 5) is 25.0. The molecule has 126 valence electrons. The first-order valence-electron chi connectivity index (χ1n) is 7.14. The summed E-state index contributed by atoms with van der Waals surface area (Å²) in [6.45, 7) is 3.68. The van der Waals surface area contributed by atoms with E-state index in [1.165, 1.54) is 17.0 Å². The van der Waals surface area contributed by atoms with Crippen molar-refractivity contribution >= 4 is 17.7 Å². The predicted molar refractivity (Wildman–Crippen MR) is 77.0 cm³/mol. The van der Waals surface area contributed by atoms with E-state index in [0.29, 0.717) is 0 Å². The number of carbonyl (C=O) groups is 2. The van der Waals surface area contributed by atoms with Crippen molar-refractivity contribution in [1.82, 2.24) is 5.32 Å². The molecule has 1 aromatic rings. The molecule has 1 aliphatic heterocycles. The summed E-state index contributed by atoms with van der Waals surface area (Å²) in [5, 5.41) is 2.49. The number of nitrogens with one attached hydrogen (secondary N) is 1. The minimum Gasteiger partial charge on any atom is -0.436 e. The van der Waals surface area contributed by atoms with Gasteiger partial charge < -0.3 is 15.0 Å². The van der Waals surface area contributed by atoms with Crippen molar-refractivity contribution in [2.45, 2.75) is 38.6 Å². The number of alkyl halides is 3. The van der Waals surface area contributed by atoms with Crippen LogP contribution in [0.2, 0.25) is 0 Å². The zero-order valence-corrected chi connectivity index (χ0v) is 12.7. The SMILES string of the molecule is CC(C)NC(=O)OC1CCN(c2cccc(C(F)(F)F)c2)C1=O. The fraction of sp³-hybridized carbons (Fsp3) is 0.467. The monoisotopic (exact) mass is 330 g/mol. The standard InChI is InChI=1S/C15H17F3N2O3/c1-9(2)19-14(22)23-12-6-7-20(13(12)21)11-5-3-4-10(8-11)15(16,17)18/h3-5,8-9,12H,6-7H2,1-2H3,(H,19,22). The number of anilines is 1. The van der Waals surface area contributed by atoms with Gasteiger partial charge in [-0.05, 0) is 32.0 Å². The van der Waals surface area contributed by atoms with Crippen molar-refractivity contribution in [2.24, 2.45) is 0 Å². The molecule has 1 saturated heterocycles. The Hall–Kier alpha value is -2.25. The number of hydrogen-bond acceptors (Lipinski definition) is 3. The van der Waals surface area contributed by atoms with Crippen LogP contribution < -0.4 is 10.2 Å². The molecule has 0 aromatic heterocycles. The molecule has 2 amide bonds. The highest BCUT2D eigenvalue weighted by Gasteiger charge is 2.37. The Morgan fingerprint density at radius 2 is 2.09 bits per heavy atom. The van der Waals surface area contributed by atoms with Gasteiger partial charge in [0.25, 0.3) is 5.91 Å². The number of alkyl carbamates (subject to hydrolysis) is 1. The van der Waals surface area contributed by atoms with Crippen LogP contribution in [-0.2, 0) is 15.7 Å². The van der Waals surface area contributed by atoms with Gasteiger partial charge in [0, 0.05) is 24.7 Å². The smallest absolute Gasteiger partial charge is 0.416 e. The first kappa shape index (κ1) is 17.1. The van der Waals surface area contributed by atoms with Gasteiger partial charge in [-0.2, -0.15) is 13.2 Å². The molecule has 0 saturated carbocycles. The molecule has 1 atom stereocenters. The summed E-state index contributed by atoms with van der Waals surface area (Å²) in [6.07, 6.45) is -5.94. The summed E-state index contributed by atoms with van der Waals surface area (Å²) in [7, 11) is 0. The molecular formula is C15H17F3N2O3. The molecule has 5 nitrogen and oxygen atoms in total. The third-order valence-electron chi connectivity index (χ3n) is 3.30. The molecule has 0 spiro atoms. The first-order valence-corrected chi connectivity index (χ1v) is 7.14. The van der Waals surface area contributed by atoms with Gasteiger partial charge >= 0.3 is 12.3 Å². The molecule has 1 unspecified atom stereocenters. The predicted octanol–water partition coefficient (Wildman–Crippen LogP) is 2.95. The lowest BCUT2D eigenvalue weighted by Crippen LogP contribution is -2.37. The van der Waals surface area contributed by atoms with Crippen LogP contribution >= 0.6 is 0 Å². The number of carbonyl (C=O) groups excluding carboxylic acids is 2. The molecule has 1 aromatic carbocycles. The summed E-state index contributed by atoms with van der Waals surface area (Å²) >= 11 is 0. The molecule has 1 fully saturated rings. The highest BCUT2D eigenvalue weighted by atomic mass is 19.4. The number of hydrogen-bond donors (Lipinski definition) is 1. The average molecular weight is 330 g/mol. The molecule has 0 bridgehead atoms. The van der Waals surface area contributed by atoms with Crippen LogP contribution in [0.4, 0.5) is 23.7 Å². The number of nitrogens with zero attached hydrogens (tertiary/aromatic N) is 1. The molecule has 2 rings (SSSR count).